The summed E-state index contributed by atoms with van der Waals surface area (Å²) in [5.41, 5.74) is 8.05. The molecular weight excluding hydrogens is 232 g/mol. The second kappa shape index (κ2) is 4.87. The summed E-state index contributed by atoms with van der Waals surface area (Å²) < 4.78 is 0. The Morgan fingerprint density at radius 3 is 2.47 bits per heavy atom. The average molecular weight is 253 g/mol. The Hall–Kier alpha value is -0.730. The predicted octanol–water partition coefficient (Wildman–Crippen LogP) is 3.59. The molecule has 0 amide bonds. The van der Waals surface area contributed by atoms with Gasteiger partial charge in [-0.05, 0) is 50.3 Å². The molecule has 0 aliphatic heterocycles. The summed E-state index contributed by atoms with van der Waals surface area (Å²) in [6.07, 6.45) is 2.70. The van der Waals surface area contributed by atoms with Crippen LogP contribution >= 0.6 is 11.6 Å². The van der Waals surface area contributed by atoms with Crippen molar-refractivity contribution in [3.8, 4) is 0 Å². The highest BCUT2D eigenvalue weighted by atomic mass is 35.5. The lowest BCUT2D eigenvalue weighted by molar-refractivity contribution is 0.609. The van der Waals surface area contributed by atoms with Gasteiger partial charge >= 0.3 is 0 Å². The van der Waals surface area contributed by atoms with Gasteiger partial charge in [0.2, 0.25) is 0 Å². The zero-order valence-corrected chi connectivity index (χ0v) is 11.5. The van der Waals surface area contributed by atoms with Crippen LogP contribution in [0.15, 0.2) is 18.2 Å². The van der Waals surface area contributed by atoms with Gasteiger partial charge in [-0.1, -0.05) is 17.7 Å². The first-order chi connectivity index (χ1) is 8.00. The molecule has 1 fully saturated rings. The minimum atomic E-state index is 0.0349. The minimum absolute atomic E-state index is 0.0349. The van der Waals surface area contributed by atoms with Crippen LogP contribution in [0.3, 0.4) is 0 Å². The van der Waals surface area contributed by atoms with Crippen LogP contribution in [0, 0.1) is 5.92 Å². The van der Waals surface area contributed by atoms with Gasteiger partial charge in [0.05, 0.1) is 10.7 Å². The molecule has 0 saturated heterocycles. The molecule has 0 aromatic heterocycles. The lowest BCUT2D eigenvalue weighted by Crippen LogP contribution is -2.30. The normalized spacial score (nSPS) is 18.9. The molecule has 1 aliphatic rings. The quantitative estimate of drug-likeness (QED) is 0.887. The van der Waals surface area contributed by atoms with E-state index in [0.717, 1.165) is 22.2 Å². The van der Waals surface area contributed by atoms with E-state index in [1.807, 2.05) is 13.0 Å². The molecule has 2 nitrogen and oxygen atoms in total. The van der Waals surface area contributed by atoms with Gasteiger partial charge in [0.1, 0.15) is 0 Å². The highest BCUT2D eigenvalue weighted by Gasteiger charge is 2.31. The van der Waals surface area contributed by atoms with Crippen LogP contribution in [-0.4, -0.2) is 13.1 Å². The molecule has 0 spiro atoms. The third-order valence-electron chi connectivity index (χ3n) is 3.79. The van der Waals surface area contributed by atoms with Crippen LogP contribution in [-0.2, 0) is 0 Å². The number of benzene rings is 1. The maximum Gasteiger partial charge on any atom is 0.0642 e. The third kappa shape index (κ3) is 2.75. The lowest BCUT2D eigenvalue weighted by Gasteiger charge is -2.28. The number of hydrogen-bond donors (Lipinski definition) is 1. The predicted molar refractivity (Wildman–Crippen MR) is 74.6 cm³/mol. The summed E-state index contributed by atoms with van der Waals surface area (Å²) in [7, 11) is 2.12. The van der Waals surface area contributed by atoms with E-state index >= 15 is 0 Å². The molecular formula is C14H21ClN2. The van der Waals surface area contributed by atoms with E-state index in [1.54, 1.807) is 0 Å². The zero-order chi connectivity index (χ0) is 12.6. The van der Waals surface area contributed by atoms with Gasteiger partial charge in [-0.3, -0.25) is 0 Å². The van der Waals surface area contributed by atoms with E-state index in [0.29, 0.717) is 6.04 Å². The summed E-state index contributed by atoms with van der Waals surface area (Å²) in [6.45, 7) is 4.25. The minimum Gasteiger partial charge on any atom is -0.370 e. The highest BCUT2D eigenvalue weighted by Crippen LogP contribution is 2.38. The Labute approximate surface area is 109 Å². The molecule has 1 unspecified atom stereocenters. The van der Waals surface area contributed by atoms with Gasteiger partial charge in [-0.15, -0.1) is 0 Å². The van der Waals surface area contributed by atoms with Gasteiger partial charge < -0.3 is 10.6 Å². The second-order valence-corrected chi connectivity index (χ2v) is 5.60. The van der Waals surface area contributed by atoms with Gasteiger partial charge in [0, 0.05) is 19.1 Å². The number of anilines is 1. The smallest absolute Gasteiger partial charge is 0.0642 e. The Bertz CT molecular complexity index is 399. The Balaban J connectivity index is 2.20. The fourth-order valence-corrected chi connectivity index (χ4v) is 2.53. The van der Waals surface area contributed by atoms with Crippen LogP contribution in [0.1, 0.15) is 38.3 Å². The fraction of sp³-hybridized carbons (Fsp3) is 0.571. The van der Waals surface area contributed by atoms with Gasteiger partial charge in [0.25, 0.3) is 0 Å². The van der Waals surface area contributed by atoms with Crippen molar-refractivity contribution in [3.63, 3.8) is 0 Å². The average Bonchev–Trinajstić information content (AvgIpc) is 3.10. The largest absolute Gasteiger partial charge is 0.370 e. The van der Waals surface area contributed by atoms with Crippen molar-refractivity contribution in [2.45, 2.75) is 38.8 Å². The molecule has 17 heavy (non-hydrogen) atoms. The lowest BCUT2D eigenvalue weighted by atomic mass is 10.1. The highest BCUT2D eigenvalue weighted by molar-refractivity contribution is 6.33. The van der Waals surface area contributed by atoms with E-state index < -0.39 is 0 Å². The maximum absolute atomic E-state index is 6.34. The van der Waals surface area contributed by atoms with Crippen molar-refractivity contribution in [1.29, 1.82) is 0 Å². The summed E-state index contributed by atoms with van der Waals surface area (Å²) in [5, 5.41) is 0.801. The first kappa shape index (κ1) is 12.7. The van der Waals surface area contributed by atoms with E-state index in [9.17, 15) is 0 Å². The summed E-state index contributed by atoms with van der Waals surface area (Å²) in [4.78, 5) is 2.28. The Kier molecular flexibility index (Phi) is 3.64. The topological polar surface area (TPSA) is 29.3 Å². The van der Waals surface area contributed by atoms with Crippen molar-refractivity contribution >= 4 is 17.3 Å². The molecule has 1 aliphatic carbocycles. The molecule has 94 valence electrons. The number of nitrogens with zero attached hydrogens (tertiary/aromatic N) is 1. The van der Waals surface area contributed by atoms with Crippen molar-refractivity contribution < 1.29 is 0 Å². The number of halogens is 1. The van der Waals surface area contributed by atoms with Crippen molar-refractivity contribution in [1.82, 2.24) is 0 Å². The molecule has 0 radical (unpaired) electrons. The molecule has 0 heterocycles. The van der Waals surface area contributed by atoms with E-state index in [4.69, 9.17) is 17.3 Å². The monoisotopic (exact) mass is 252 g/mol. The van der Waals surface area contributed by atoms with Crippen molar-refractivity contribution in [2.75, 3.05) is 11.9 Å². The number of nitrogens with two attached hydrogens (primary N) is 1. The molecule has 2 atom stereocenters. The fourth-order valence-electron chi connectivity index (χ4n) is 2.21. The molecule has 2 rings (SSSR count). The van der Waals surface area contributed by atoms with Gasteiger partial charge in [0.15, 0.2) is 0 Å². The molecule has 1 saturated carbocycles. The Morgan fingerprint density at radius 2 is 2.00 bits per heavy atom. The van der Waals surface area contributed by atoms with Crippen LogP contribution in [0.2, 0.25) is 5.02 Å². The SMILES string of the molecule is CC(C1CC1)N(C)c1ccc([C@H](C)N)cc1Cl. The zero-order valence-electron chi connectivity index (χ0n) is 10.8. The van der Waals surface area contributed by atoms with Crippen LogP contribution in [0.4, 0.5) is 5.69 Å². The third-order valence-corrected chi connectivity index (χ3v) is 4.10. The van der Waals surface area contributed by atoms with Crippen LogP contribution < -0.4 is 10.6 Å². The molecule has 3 heteroatoms. The van der Waals surface area contributed by atoms with Crippen molar-refractivity contribution in [2.24, 2.45) is 11.7 Å². The first-order valence-corrected chi connectivity index (χ1v) is 6.66. The number of hydrogen-bond acceptors (Lipinski definition) is 2. The molecule has 1 aromatic rings. The van der Waals surface area contributed by atoms with E-state index in [2.05, 4.69) is 31.0 Å². The van der Waals surface area contributed by atoms with E-state index in [1.165, 1.54) is 12.8 Å². The standard InChI is InChI=1S/C14H21ClN2/c1-9(16)12-6-7-14(13(15)8-12)17(3)10(2)11-4-5-11/h6-11H,4-5,16H2,1-3H3/t9-,10?/m0/s1. The second-order valence-electron chi connectivity index (χ2n) is 5.19. The van der Waals surface area contributed by atoms with Gasteiger partial charge in [-0.25, -0.2) is 0 Å². The molecule has 0 bridgehead atoms. The van der Waals surface area contributed by atoms with Crippen LogP contribution in [0.5, 0.6) is 0 Å². The van der Waals surface area contributed by atoms with E-state index in [-0.39, 0.29) is 6.04 Å². The van der Waals surface area contributed by atoms with Crippen molar-refractivity contribution in [3.05, 3.63) is 28.8 Å². The summed E-state index contributed by atoms with van der Waals surface area (Å²) >= 11 is 6.34. The Morgan fingerprint density at radius 1 is 1.35 bits per heavy atom. The summed E-state index contributed by atoms with van der Waals surface area (Å²) in [6, 6.07) is 6.74. The number of rotatable bonds is 4. The van der Waals surface area contributed by atoms with Crippen LogP contribution in [0.25, 0.3) is 0 Å². The first-order valence-electron chi connectivity index (χ1n) is 6.28. The van der Waals surface area contributed by atoms with Gasteiger partial charge in [-0.2, -0.15) is 0 Å². The molecule has 1 aromatic carbocycles. The summed E-state index contributed by atoms with van der Waals surface area (Å²) in [5.74, 6) is 0.837. The molecule has 2 N–H and O–H groups in total. The maximum atomic E-state index is 6.34.